The fourth-order valence-corrected chi connectivity index (χ4v) is 3.49. The Balaban J connectivity index is 1.66. The molecule has 1 aliphatic rings. The van der Waals surface area contributed by atoms with E-state index in [1.54, 1.807) is 62.9 Å². The number of carbonyl (C=O) groups is 3. The molecule has 3 rings (SSSR count). The van der Waals surface area contributed by atoms with Crippen molar-refractivity contribution < 1.29 is 24.2 Å². The van der Waals surface area contributed by atoms with Crippen molar-refractivity contribution in [1.29, 1.82) is 0 Å². The molecule has 3 N–H and O–H groups in total. The van der Waals surface area contributed by atoms with Gasteiger partial charge in [-0.3, -0.25) is 9.59 Å². The van der Waals surface area contributed by atoms with Crippen LogP contribution in [0.5, 0.6) is 0 Å². The number of alkyl carbamates (subject to hydrolysis) is 1. The van der Waals surface area contributed by atoms with Crippen LogP contribution in [0.2, 0.25) is 0 Å². The second-order valence-electron chi connectivity index (χ2n) is 9.09. The molecule has 0 unspecified atom stereocenters. The molecular weight excluding hydrogens is 424 g/mol. The summed E-state index contributed by atoms with van der Waals surface area (Å²) in [7, 11) is 0. The van der Waals surface area contributed by atoms with E-state index in [1.165, 1.54) is 6.07 Å². The van der Waals surface area contributed by atoms with Gasteiger partial charge in [0.1, 0.15) is 11.4 Å². The first-order valence-corrected chi connectivity index (χ1v) is 10.8. The molecule has 2 aromatic rings. The maximum atomic E-state index is 12.8. The smallest absolute Gasteiger partial charge is 0.407 e. The van der Waals surface area contributed by atoms with Crippen LogP contribution in [0.3, 0.4) is 0 Å². The maximum Gasteiger partial charge on any atom is 0.407 e. The lowest BCUT2D eigenvalue weighted by Gasteiger charge is -2.19. The summed E-state index contributed by atoms with van der Waals surface area (Å²) < 4.78 is 5.24. The van der Waals surface area contributed by atoms with Gasteiger partial charge in [0.25, 0.3) is 11.8 Å². The summed E-state index contributed by atoms with van der Waals surface area (Å²) in [5, 5.41) is 15.1. The molecular formula is C24H30N4O5. The monoisotopic (exact) mass is 454 g/mol. The zero-order chi connectivity index (χ0) is 24.2. The van der Waals surface area contributed by atoms with Crippen LogP contribution in [0, 0.1) is 6.92 Å². The average molecular weight is 455 g/mol. The molecule has 1 atom stereocenters. The lowest BCUT2D eigenvalue weighted by atomic mass is 10.1. The number of hydrogen-bond acceptors (Lipinski definition) is 6. The van der Waals surface area contributed by atoms with Gasteiger partial charge >= 0.3 is 6.09 Å². The summed E-state index contributed by atoms with van der Waals surface area (Å²) in [6, 6.07) is 9.91. The van der Waals surface area contributed by atoms with E-state index in [0.717, 1.165) is 5.56 Å². The highest BCUT2D eigenvalue weighted by molar-refractivity contribution is 6.05. The SMILES string of the molecule is Cc1cc(CNC(=O)OC(C)(C)C)cc(NC(=O)c2cccc(C(=O)N3CC[C@H](O)C3)c2)n1. The molecule has 1 aromatic heterocycles. The Morgan fingerprint density at radius 2 is 1.91 bits per heavy atom. The van der Waals surface area contributed by atoms with Gasteiger partial charge < -0.3 is 25.4 Å². The normalized spacial score (nSPS) is 15.8. The Bertz CT molecular complexity index is 1050. The Morgan fingerprint density at radius 3 is 2.58 bits per heavy atom. The van der Waals surface area contributed by atoms with Crippen molar-refractivity contribution in [3.8, 4) is 0 Å². The number of likely N-dealkylation sites (tertiary alicyclic amines) is 1. The fraction of sp³-hybridized carbons (Fsp3) is 0.417. The number of aryl methyl sites for hydroxylation is 1. The van der Waals surface area contributed by atoms with Crippen LogP contribution in [0.25, 0.3) is 0 Å². The minimum atomic E-state index is -0.595. The molecule has 0 saturated carbocycles. The third-order valence-corrected chi connectivity index (χ3v) is 4.91. The molecule has 0 radical (unpaired) electrons. The van der Waals surface area contributed by atoms with Gasteiger partial charge in [-0.1, -0.05) is 6.07 Å². The van der Waals surface area contributed by atoms with Crippen LogP contribution in [0.4, 0.5) is 10.6 Å². The Labute approximate surface area is 193 Å². The molecule has 1 aliphatic heterocycles. The number of carbonyl (C=O) groups excluding carboxylic acids is 3. The third kappa shape index (κ3) is 7.01. The molecule has 0 spiro atoms. The van der Waals surface area contributed by atoms with Gasteiger partial charge in [0.05, 0.1) is 6.10 Å². The number of anilines is 1. The van der Waals surface area contributed by atoms with E-state index in [-0.39, 0.29) is 12.5 Å². The molecule has 1 saturated heterocycles. The highest BCUT2D eigenvalue weighted by atomic mass is 16.6. The van der Waals surface area contributed by atoms with Gasteiger partial charge in [0, 0.05) is 36.5 Å². The highest BCUT2D eigenvalue weighted by Crippen LogP contribution is 2.17. The van der Waals surface area contributed by atoms with Crippen molar-refractivity contribution in [2.75, 3.05) is 18.4 Å². The van der Waals surface area contributed by atoms with Gasteiger partial charge in [-0.05, 0) is 70.0 Å². The maximum absolute atomic E-state index is 12.8. The predicted octanol–water partition coefficient (Wildman–Crippen LogP) is 2.87. The minimum absolute atomic E-state index is 0.215. The van der Waals surface area contributed by atoms with Crippen molar-refractivity contribution in [2.45, 2.75) is 52.4 Å². The van der Waals surface area contributed by atoms with Crippen molar-refractivity contribution in [3.05, 3.63) is 58.8 Å². The van der Waals surface area contributed by atoms with E-state index < -0.39 is 23.7 Å². The number of benzene rings is 1. The Morgan fingerprint density at radius 1 is 1.18 bits per heavy atom. The van der Waals surface area contributed by atoms with E-state index >= 15 is 0 Å². The van der Waals surface area contributed by atoms with E-state index in [1.807, 2.05) is 0 Å². The molecule has 1 aromatic carbocycles. The molecule has 33 heavy (non-hydrogen) atoms. The van der Waals surface area contributed by atoms with Crippen molar-refractivity contribution in [2.24, 2.45) is 0 Å². The van der Waals surface area contributed by atoms with Crippen LogP contribution in [0.1, 0.15) is 59.2 Å². The Hall–Kier alpha value is -3.46. The standard InChI is InChI=1S/C24H30N4O5/c1-15-10-16(13-25-23(32)33-24(2,3)4)11-20(26-15)27-21(30)17-6-5-7-18(12-17)22(31)28-9-8-19(29)14-28/h5-7,10-12,19,29H,8-9,13-14H2,1-4H3,(H,25,32)(H,26,27,30)/t19-/m0/s1. The molecule has 9 heteroatoms. The molecule has 0 aliphatic carbocycles. The Kier molecular flexibility index (Phi) is 7.33. The largest absolute Gasteiger partial charge is 0.444 e. The second kappa shape index (κ2) is 9.99. The number of hydrogen-bond donors (Lipinski definition) is 3. The van der Waals surface area contributed by atoms with Gasteiger partial charge in [0.15, 0.2) is 0 Å². The summed E-state index contributed by atoms with van der Waals surface area (Å²) in [5.74, 6) is -0.291. The van der Waals surface area contributed by atoms with Gasteiger partial charge in [-0.15, -0.1) is 0 Å². The number of amides is 3. The van der Waals surface area contributed by atoms with Crippen molar-refractivity contribution >= 4 is 23.7 Å². The first-order valence-electron chi connectivity index (χ1n) is 10.8. The van der Waals surface area contributed by atoms with Crippen LogP contribution in [-0.4, -0.2) is 57.7 Å². The molecule has 9 nitrogen and oxygen atoms in total. The number of pyridine rings is 1. The number of nitrogens with zero attached hydrogens (tertiary/aromatic N) is 2. The van der Waals surface area contributed by atoms with E-state index in [4.69, 9.17) is 4.74 Å². The summed E-state index contributed by atoms with van der Waals surface area (Å²) >= 11 is 0. The van der Waals surface area contributed by atoms with Crippen molar-refractivity contribution in [1.82, 2.24) is 15.2 Å². The molecule has 0 bridgehead atoms. The highest BCUT2D eigenvalue weighted by Gasteiger charge is 2.25. The summed E-state index contributed by atoms with van der Waals surface area (Å²) in [4.78, 5) is 43.3. The summed E-state index contributed by atoms with van der Waals surface area (Å²) in [5.41, 5.74) is 1.53. The number of aliphatic hydroxyl groups excluding tert-OH is 1. The van der Waals surface area contributed by atoms with Gasteiger partial charge in [-0.25, -0.2) is 9.78 Å². The second-order valence-corrected chi connectivity index (χ2v) is 9.09. The third-order valence-electron chi connectivity index (χ3n) is 4.91. The number of ether oxygens (including phenoxy) is 1. The van der Waals surface area contributed by atoms with E-state index in [0.29, 0.717) is 42.1 Å². The number of aromatic nitrogens is 1. The minimum Gasteiger partial charge on any atom is -0.444 e. The lowest BCUT2D eigenvalue weighted by Crippen LogP contribution is -2.32. The number of rotatable bonds is 5. The topological polar surface area (TPSA) is 121 Å². The fourth-order valence-electron chi connectivity index (χ4n) is 3.49. The first kappa shape index (κ1) is 24.2. The van der Waals surface area contributed by atoms with Crippen LogP contribution < -0.4 is 10.6 Å². The van der Waals surface area contributed by atoms with Crippen LogP contribution >= 0.6 is 0 Å². The zero-order valence-corrected chi connectivity index (χ0v) is 19.3. The molecule has 176 valence electrons. The number of nitrogens with one attached hydrogen (secondary N) is 2. The summed E-state index contributed by atoms with van der Waals surface area (Å²) in [6.07, 6.45) is -0.489. The van der Waals surface area contributed by atoms with Gasteiger partial charge in [-0.2, -0.15) is 0 Å². The van der Waals surface area contributed by atoms with E-state index in [9.17, 15) is 19.5 Å². The van der Waals surface area contributed by atoms with Crippen LogP contribution in [-0.2, 0) is 11.3 Å². The molecule has 2 heterocycles. The van der Waals surface area contributed by atoms with Gasteiger partial charge in [0.2, 0.25) is 0 Å². The quantitative estimate of drug-likeness (QED) is 0.639. The van der Waals surface area contributed by atoms with Crippen LogP contribution in [0.15, 0.2) is 36.4 Å². The number of β-amino-alcohol motifs (C(OH)–C–C–N with tert-alkyl or cyclic N) is 1. The van der Waals surface area contributed by atoms with E-state index in [2.05, 4.69) is 15.6 Å². The predicted molar refractivity (Wildman–Crippen MR) is 123 cm³/mol. The lowest BCUT2D eigenvalue weighted by molar-refractivity contribution is 0.0523. The summed E-state index contributed by atoms with van der Waals surface area (Å²) in [6.45, 7) is 8.14. The average Bonchev–Trinajstić information content (AvgIpc) is 3.16. The van der Waals surface area contributed by atoms with Crippen molar-refractivity contribution in [3.63, 3.8) is 0 Å². The molecule has 3 amide bonds. The zero-order valence-electron chi connectivity index (χ0n) is 19.3. The first-order chi connectivity index (χ1) is 15.5. The number of aliphatic hydroxyl groups is 1. The molecule has 1 fully saturated rings.